The van der Waals surface area contributed by atoms with Crippen molar-refractivity contribution in [1.82, 2.24) is 0 Å². The quantitative estimate of drug-likeness (QED) is 0.747. The molecule has 0 aliphatic carbocycles. The number of aromatic hydroxyl groups is 1. The molecule has 0 saturated carbocycles. The molecular weight excluding hydrogens is 270 g/mol. The van der Waals surface area contributed by atoms with Gasteiger partial charge < -0.3 is 15.6 Å². The van der Waals surface area contributed by atoms with Crippen LogP contribution in [0.2, 0.25) is 0 Å². The maximum Gasteiger partial charge on any atom is 0.412 e. The summed E-state index contributed by atoms with van der Waals surface area (Å²) in [6, 6.07) is 3.07. The van der Waals surface area contributed by atoms with E-state index in [9.17, 15) is 18.7 Å². The first-order chi connectivity index (χ1) is 9.05. The molecule has 0 heterocycles. The summed E-state index contributed by atoms with van der Waals surface area (Å²) < 4.78 is 31.9. The van der Waals surface area contributed by atoms with Gasteiger partial charge in [0.15, 0.2) is 0 Å². The molecule has 1 rings (SSSR count). The van der Waals surface area contributed by atoms with Gasteiger partial charge in [0.2, 0.25) is 0 Å². The average Bonchev–Trinajstić information content (AvgIpc) is 2.29. The summed E-state index contributed by atoms with van der Waals surface area (Å²) in [5.41, 5.74) is 3.69. The summed E-state index contributed by atoms with van der Waals surface area (Å²) in [7, 11) is 0. The summed E-state index contributed by atoms with van der Waals surface area (Å²) in [6.45, 7) is 4.10. The zero-order valence-electron chi connectivity index (χ0n) is 11.5. The van der Waals surface area contributed by atoms with Crippen molar-refractivity contribution < 1.29 is 23.4 Å². The third-order valence-corrected chi connectivity index (χ3v) is 2.31. The van der Waals surface area contributed by atoms with Gasteiger partial charge in [-0.3, -0.25) is 5.32 Å². The van der Waals surface area contributed by atoms with Gasteiger partial charge in [-0.2, -0.15) is 8.78 Å². The lowest BCUT2D eigenvalue weighted by atomic mass is 10.1. The predicted octanol–water partition coefficient (Wildman–Crippen LogP) is 2.79. The Morgan fingerprint density at radius 1 is 1.40 bits per heavy atom. The first-order valence-corrected chi connectivity index (χ1v) is 5.96. The molecule has 0 spiro atoms. The van der Waals surface area contributed by atoms with Crippen molar-refractivity contribution in [3.63, 3.8) is 0 Å². The fourth-order valence-corrected chi connectivity index (χ4v) is 1.40. The van der Waals surface area contributed by atoms with Crippen LogP contribution < -0.4 is 11.1 Å². The van der Waals surface area contributed by atoms with Crippen LogP contribution in [0.25, 0.3) is 0 Å². The zero-order valence-corrected chi connectivity index (χ0v) is 11.5. The summed E-state index contributed by atoms with van der Waals surface area (Å²) >= 11 is 0. The van der Waals surface area contributed by atoms with E-state index in [0.29, 0.717) is 0 Å². The molecule has 7 heteroatoms. The second-order valence-electron chi connectivity index (χ2n) is 5.27. The fraction of sp³-hybridized carbons (Fsp3) is 0.462. The number of hydrogen-bond donors (Lipinski definition) is 3. The Bertz CT molecular complexity index is 499. The number of carbonyl (C=O) groups excluding carboxylic acids is 1. The van der Waals surface area contributed by atoms with Crippen LogP contribution in [0.15, 0.2) is 18.2 Å². The smallest absolute Gasteiger partial charge is 0.412 e. The molecule has 5 nitrogen and oxygen atoms in total. The molecular formula is C13H18F2N2O3. The van der Waals surface area contributed by atoms with Gasteiger partial charge in [0.25, 0.3) is 5.92 Å². The monoisotopic (exact) mass is 288 g/mol. The number of alkyl halides is 2. The number of rotatable bonds is 3. The van der Waals surface area contributed by atoms with Gasteiger partial charge in [0.1, 0.15) is 11.4 Å². The molecule has 0 aromatic heterocycles. The van der Waals surface area contributed by atoms with Crippen LogP contribution >= 0.6 is 0 Å². The molecule has 0 aliphatic heterocycles. The number of phenolic OH excluding ortho intramolecular Hbond substituents is 1. The van der Waals surface area contributed by atoms with Crippen molar-refractivity contribution in [3.05, 3.63) is 23.8 Å². The first-order valence-electron chi connectivity index (χ1n) is 5.96. The minimum atomic E-state index is -3.24. The highest BCUT2D eigenvalue weighted by molar-refractivity contribution is 5.87. The number of benzene rings is 1. The van der Waals surface area contributed by atoms with Gasteiger partial charge in [-0.1, -0.05) is 0 Å². The molecule has 0 fully saturated rings. The molecule has 0 bridgehead atoms. The van der Waals surface area contributed by atoms with E-state index < -0.39 is 29.7 Å². The maximum atomic E-state index is 13.5. The predicted molar refractivity (Wildman–Crippen MR) is 70.9 cm³/mol. The summed E-state index contributed by atoms with van der Waals surface area (Å²) in [6.07, 6.45) is -0.846. The van der Waals surface area contributed by atoms with E-state index in [0.717, 1.165) is 18.2 Å². The molecule has 1 amide bonds. The summed E-state index contributed by atoms with van der Waals surface area (Å²) in [5.74, 6) is -3.58. The molecule has 112 valence electrons. The Kier molecular flexibility index (Phi) is 4.54. The Labute approximate surface area is 115 Å². The van der Waals surface area contributed by atoms with Gasteiger partial charge >= 0.3 is 6.09 Å². The van der Waals surface area contributed by atoms with Crippen LogP contribution in [-0.4, -0.2) is 23.3 Å². The molecule has 20 heavy (non-hydrogen) atoms. The van der Waals surface area contributed by atoms with E-state index in [-0.39, 0.29) is 11.4 Å². The number of nitrogens with two attached hydrogens (primary N) is 1. The van der Waals surface area contributed by atoms with Crippen molar-refractivity contribution in [3.8, 4) is 5.75 Å². The van der Waals surface area contributed by atoms with Gasteiger partial charge in [-0.25, -0.2) is 4.79 Å². The minimum absolute atomic E-state index is 0.162. The molecule has 0 radical (unpaired) electrons. The number of amides is 1. The number of halogens is 2. The van der Waals surface area contributed by atoms with Crippen LogP contribution in [0.1, 0.15) is 26.3 Å². The standard InChI is InChI=1S/C13H18F2N2O3/c1-12(2,3)20-11(19)17-9-6-8(4-5-10(9)18)13(14,15)7-16/h4-6,18H,7,16H2,1-3H3,(H,17,19). The van der Waals surface area contributed by atoms with Crippen molar-refractivity contribution in [2.75, 3.05) is 11.9 Å². The molecule has 1 aromatic rings. The van der Waals surface area contributed by atoms with Crippen LogP contribution in [0, 0.1) is 0 Å². The normalized spacial score (nSPS) is 12.1. The second-order valence-corrected chi connectivity index (χ2v) is 5.27. The van der Waals surface area contributed by atoms with Crippen LogP contribution in [0.3, 0.4) is 0 Å². The number of anilines is 1. The highest BCUT2D eigenvalue weighted by Crippen LogP contribution is 2.33. The third kappa shape index (κ3) is 4.34. The van der Waals surface area contributed by atoms with Crippen molar-refractivity contribution in [2.45, 2.75) is 32.3 Å². The second kappa shape index (κ2) is 5.62. The first kappa shape index (κ1) is 16.2. The molecule has 0 saturated heterocycles. The van der Waals surface area contributed by atoms with E-state index in [1.54, 1.807) is 20.8 Å². The number of hydrogen-bond acceptors (Lipinski definition) is 4. The van der Waals surface area contributed by atoms with Crippen LogP contribution in [0.4, 0.5) is 19.3 Å². The van der Waals surface area contributed by atoms with Crippen molar-refractivity contribution >= 4 is 11.8 Å². The minimum Gasteiger partial charge on any atom is -0.506 e. The lowest BCUT2D eigenvalue weighted by Gasteiger charge is -2.20. The maximum absolute atomic E-state index is 13.5. The van der Waals surface area contributed by atoms with E-state index in [4.69, 9.17) is 10.5 Å². The van der Waals surface area contributed by atoms with Gasteiger partial charge in [-0.05, 0) is 39.0 Å². The summed E-state index contributed by atoms with van der Waals surface area (Å²) in [5, 5.41) is 11.8. The molecule has 4 N–H and O–H groups in total. The van der Waals surface area contributed by atoms with E-state index >= 15 is 0 Å². The highest BCUT2D eigenvalue weighted by Gasteiger charge is 2.30. The van der Waals surface area contributed by atoms with Crippen molar-refractivity contribution in [2.24, 2.45) is 5.73 Å². The lowest BCUT2D eigenvalue weighted by Crippen LogP contribution is -2.28. The molecule has 0 unspecified atom stereocenters. The largest absolute Gasteiger partial charge is 0.506 e. The van der Waals surface area contributed by atoms with Crippen LogP contribution in [-0.2, 0) is 10.7 Å². The lowest BCUT2D eigenvalue weighted by molar-refractivity contribution is 0.00593. The average molecular weight is 288 g/mol. The van der Waals surface area contributed by atoms with E-state index in [1.807, 2.05) is 0 Å². The summed E-state index contributed by atoms with van der Waals surface area (Å²) in [4.78, 5) is 11.6. The molecule has 0 atom stereocenters. The SMILES string of the molecule is CC(C)(C)OC(=O)Nc1cc(C(F)(F)CN)ccc1O. The van der Waals surface area contributed by atoms with E-state index in [2.05, 4.69) is 5.32 Å². The Balaban J connectivity index is 2.96. The Hall–Kier alpha value is -1.89. The fourth-order valence-electron chi connectivity index (χ4n) is 1.40. The highest BCUT2D eigenvalue weighted by atomic mass is 19.3. The number of ether oxygens (including phenoxy) is 1. The topological polar surface area (TPSA) is 84.6 Å². The van der Waals surface area contributed by atoms with Gasteiger partial charge in [0.05, 0.1) is 12.2 Å². The number of nitrogens with one attached hydrogen (secondary N) is 1. The molecule has 1 aromatic carbocycles. The Morgan fingerprint density at radius 2 is 2.00 bits per heavy atom. The number of carbonyl (C=O) groups is 1. The number of phenols is 1. The van der Waals surface area contributed by atoms with Crippen molar-refractivity contribution in [1.29, 1.82) is 0 Å². The third-order valence-electron chi connectivity index (χ3n) is 2.31. The Morgan fingerprint density at radius 3 is 2.50 bits per heavy atom. The van der Waals surface area contributed by atoms with Gasteiger partial charge in [0, 0.05) is 5.56 Å². The zero-order chi connectivity index (χ0) is 15.6. The molecule has 0 aliphatic rings. The van der Waals surface area contributed by atoms with Crippen LogP contribution in [0.5, 0.6) is 5.75 Å². The van der Waals surface area contributed by atoms with Gasteiger partial charge in [-0.15, -0.1) is 0 Å². The van der Waals surface area contributed by atoms with E-state index in [1.165, 1.54) is 0 Å².